The second kappa shape index (κ2) is 12.3. The van der Waals surface area contributed by atoms with E-state index in [1.165, 1.54) is 77.8 Å². The van der Waals surface area contributed by atoms with Gasteiger partial charge < -0.3 is 9.73 Å². The van der Waals surface area contributed by atoms with E-state index >= 15 is 0 Å². The van der Waals surface area contributed by atoms with Gasteiger partial charge in [0.25, 0.3) is 0 Å². The topological polar surface area (TPSA) is 42.1 Å². The molecular weight excluding hydrogens is 671 g/mol. The van der Waals surface area contributed by atoms with Gasteiger partial charge >= 0.3 is 0 Å². The summed E-state index contributed by atoms with van der Waals surface area (Å²) in [6.45, 7) is 4.75. The van der Waals surface area contributed by atoms with E-state index in [1.54, 1.807) is 0 Å². The van der Waals surface area contributed by atoms with E-state index in [0.29, 0.717) is 0 Å². The molecule has 1 aliphatic heterocycles. The Morgan fingerprint density at radius 3 is 2.25 bits per heavy atom. The van der Waals surface area contributed by atoms with Crippen LogP contribution in [0.5, 0.6) is 0 Å². The number of para-hydroxylation sites is 1. The van der Waals surface area contributed by atoms with Crippen LogP contribution in [-0.2, 0) is 11.8 Å². The summed E-state index contributed by atoms with van der Waals surface area (Å²) in [6, 6.07) is 53.1. The fourth-order valence-corrected chi connectivity index (χ4v) is 9.63. The van der Waals surface area contributed by atoms with Gasteiger partial charge in [-0.2, -0.15) is 0 Å². The van der Waals surface area contributed by atoms with Crippen molar-refractivity contribution >= 4 is 39.3 Å². The lowest BCUT2D eigenvalue weighted by atomic mass is 9.74. The summed E-state index contributed by atoms with van der Waals surface area (Å²) in [6.07, 6.45) is 8.50. The standard InChI is InChI=1S/C51H41N3O/c1-51(2)42-19-11-9-17-36(42)38-23-26-47-39(27-28-55-47)49(38)41-30-34(21-24-43(41)51)35-22-25-46-40(29-35)37-18-10-12-20-45(37)54(46)48-31-44(32-13-5-3-6-14-32)52-50(53-48)33-15-7-4-8-16-33/h3-21,23-24,26-31,44,50,52-53H,22,25H2,1-2H3. The van der Waals surface area contributed by atoms with Crippen LogP contribution in [0.25, 0.3) is 61.6 Å². The predicted molar refractivity (Wildman–Crippen MR) is 226 cm³/mol. The van der Waals surface area contributed by atoms with Crippen molar-refractivity contribution < 1.29 is 4.42 Å². The number of nitrogens with zero attached hydrogens (tertiary/aromatic N) is 1. The van der Waals surface area contributed by atoms with Crippen molar-refractivity contribution in [3.05, 3.63) is 197 Å². The van der Waals surface area contributed by atoms with E-state index in [9.17, 15) is 0 Å². The average molecular weight is 712 g/mol. The van der Waals surface area contributed by atoms with E-state index in [0.717, 1.165) is 29.6 Å². The maximum absolute atomic E-state index is 5.99. The lowest BCUT2D eigenvalue weighted by molar-refractivity contribution is 0.433. The molecule has 266 valence electrons. The van der Waals surface area contributed by atoms with Crippen LogP contribution >= 0.6 is 0 Å². The second-order valence-corrected chi connectivity index (χ2v) is 15.7. The molecule has 55 heavy (non-hydrogen) atoms. The molecule has 0 amide bonds. The number of allylic oxidation sites excluding steroid dienone is 1. The number of rotatable bonds is 4. The molecule has 2 unspecified atom stereocenters. The molecule has 11 rings (SSSR count). The Morgan fingerprint density at radius 1 is 0.655 bits per heavy atom. The van der Waals surface area contributed by atoms with E-state index in [2.05, 4.69) is 187 Å². The zero-order chi connectivity index (χ0) is 36.7. The molecule has 0 spiro atoms. The fraction of sp³-hybridized carbons (Fsp3) is 0.137. The predicted octanol–water partition coefficient (Wildman–Crippen LogP) is 12.3. The first-order valence-electron chi connectivity index (χ1n) is 19.5. The van der Waals surface area contributed by atoms with Crippen molar-refractivity contribution in [1.29, 1.82) is 0 Å². The molecule has 2 N–H and O–H groups in total. The SMILES string of the molecule is CC1(C)c2ccccc2-c2ccc3occc3c2-c2cc(C3=Cc4c(n(C5=CC(c6ccccc6)NC(c6ccccc6)N5)c5ccccc45)CC3)ccc21. The first-order chi connectivity index (χ1) is 27.0. The summed E-state index contributed by atoms with van der Waals surface area (Å²) in [5.74, 6) is 1.11. The summed E-state index contributed by atoms with van der Waals surface area (Å²) in [5.41, 5.74) is 17.5. The zero-order valence-corrected chi connectivity index (χ0v) is 31.0. The molecular formula is C51H41N3O. The highest BCUT2D eigenvalue weighted by molar-refractivity contribution is 6.06. The number of furan rings is 1. The van der Waals surface area contributed by atoms with Gasteiger partial charge in [-0.3, -0.25) is 9.88 Å². The van der Waals surface area contributed by atoms with E-state index in [-0.39, 0.29) is 17.6 Å². The van der Waals surface area contributed by atoms with Gasteiger partial charge in [0.2, 0.25) is 0 Å². The van der Waals surface area contributed by atoms with Gasteiger partial charge in [0, 0.05) is 33.0 Å². The lowest BCUT2D eigenvalue weighted by Crippen LogP contribution is -2.41. The van der Waals surface area contributed by atoms with Crippen LogP contribution in [0.1, 0.15) is 71.6 Å². The minimum atomic E-state index is -0.189. The van der Waals surface area contributed by atoms with Crippen molar-refractivity contribution in [2.45, 2.75) is 44.3 Å². The smallest absolute Gasteiger partial charge is 0.134 e. The van der Waals surface area contributed by atoms with Gasteiger partial charge in [-0.15, -0.1) is 0 Å². The van der Waals surface area contributed by atoms with Crippen LogP contribution in [0, 0.1) is 0 Å². The zero-order valence-electron chi connectivity index (χ0n) is 31.0. The highest BCUT2D eigenvalue weighted by Gasteiger charge is 2.35. The molecule has 0 fully saturated rings. The Hall–Kier alpha value is -6.36. The normalized spacial score (nSPS) is 18.3. The fourth-order valence-electron chi connectivity index (χ4n) is 9.63. The molecule has 0 saturated carbocycles. The molecule has 4 heteroatoms. The minimum absolute atomic E-state index is 0.0440. The Labute approximate surface area is 321 Å². The Balaban J connectivity index is 1.07. The van der Waals surface area contributed by atoms with Crippen molar-refractivity contribution in [3.8, 4) is 22.3 Å². The van der Waals surface area contributed by atoms with E-state index < -0.39 is 0 Å². The maximum Gasteiger partial charge on any atom is 0.134 e. The summed E-state index contributed by atoms with van der Waals surface area (Å²) < 4.78 is 8.49. The second-order valence-electron chi connectivity index (χ2n) is 15.7. The van der Waals surface area contributed by atoms with Crippen LogP contribution in [0.15, 0.2) is 162 Å². The highest BCUT2D eigenvalue weighted by Crippen LogP contribution is 2.52. The van der Waals surface area contributed by atoms with Gasteiger partial charge in [0.1, 0.15) is 17.6 Å². The molecule has 0 saturated heterocycles. The monoisotopic (exact) mass is 711 g/mol. The third-order valence-corrected chi connectivity index (χ3v) is 12.3. The molecule has 3 heterocycles. The van der Waals surface area contributed by atoms with Crippen LogP contribution in [0.2, 0.25) is 0 Å². The number of benzene rings is 6. The quantitative estimate of drug-likeness (QED) is 0.191. The summed E-state index contributed by atoms with van der Waals surface area (Å²) >= 11 is 0. The van der Waals surface area contributed by atoms with Gasteiger partial charge in [-0.1, -0.05) is 129 Å². The number of aromatic nitrogens is 1. The van der Waals surface area contributed by atoms with Gasteiger partial charge in [0.15, 0.2) is 0 Å². The summed E-state index contributed by atoms with van der Waals surface area (Å²) in [7, 11) is 0. The lowest BCUT2D eigenvalue weighted by Gasteiger charge is -2.34. The van der Waals surface area contributed by atoms with Crippen LogP contribution in [0.3, 0.4) is 0 Å². The molecule has 0 bridgehead atoms. The van der Waals surface area contributed by atoms with E-state index in [4.69, 9.17) is 4.42 Å². The van der Waals surface area contributed by atoms with Crippen molar-refractivity contribution in [2.75, 3.05) is 0 Å². The molecule has 6 aromatic carbocycles. The molecule has 0 radical (unpaired) electrons. The highest BCUT2D eigenvalue weighted by atomic mass is 16.3. The van der Waals surface area contributed by atoms with Gasteiger partial charge in [-0.25, -0.2) is 0 Å². The maximum atomic E-state index is 5.99. The van der Waals surface area contributed by atoms with Gasteiger partial charge in [-0.05, 0) is 105 Å². The summed E-state index contributed by atoms with van der Waals surface area (Å²) in [4.78, 5) is 0. The molecule has 2 aromatic heterocycles. The van der Waals surface area contributed by atoms with Crippen LogP contribution < -0.4 is 10.6 Å². The molecule has 8 aromatic rings. The largest absolute Gasteiger partial charge is 0.464 e. The Morgan fingerprint density at radius 2 is 1.40 bits per heavy atom. The average Bonchev–Trinajstić information content (AvgIpc) is 3.84. The third kappa shape index (κ3) is 5.02. The molecule has 2 atom stereocenters. The number of hydrogen-bond acceptors (Lipinski definition) is 3. The molecule has 3 aliphatic rings. The van der Waals surface area contributed by atoms with E-state index in [1.807, 2.05) is 6.26 Å². The number of nitrogens with one attached hydrogen (secondary N) is 2. The first kappa shape index (κ1) is 32.1. The van der Waals surface area contributed by atoms with Crippen LogP contribution in [-0.4, -0.2) is 4.57 Å². The van der Waals surface area contributed by atoms with Crippen molar-refractivity contribution in [2.24, 2.45) is 0 Å². The van der Waals surface area contributed by atoms with Crippen molar-refractivity contribution in [1.82, 2.24) is 15.2 Å². The summed E-state index contributed by atoms with van der Waals surface area (Å²) in [5, 5.41) is 10.2. The van der Waals surface area contributed by atoms with Crippen LogP contribution in [0.4, 0.5) is 0 Å². The van der Waals surface area contributed by atoms with Gasteiger partial charge in [0.05, 0.1) is 17.8 Å². The Kier molecular flexibility index (Phi) is 7.20. The third-order valence-electron chi connectivity index (χ3n) is 12.3. The minimum Gasteiger partial charge on any atom is -0.464 e. The molecule has 4 nitrogen and oxygen atoms in total. The number of hydrogen-bond donors (Lipinski definition) is 2. The Bertz CT molecular complexity index is 2850. The first-order valence-corrected chi connectivity index (χ1v) is 19.5. The number of fused-ring (bicyclic) bond motifs is 10. The molecule has 2 aliphatic carbocycles. The van der Waals surface area contributed by atoms with Crippen molar-refractivity contribution in [3.63, 3.8) is 0 Å².